The second kappa shape index (κ2) is 8.48. The molecule has 0 atom stereocenters. The lowest BCUT2D eigenvalue weighted by molar-refractivity contribution is -0.514. The van der Waals surface area contributed by atoms with Gasteiger partial charge in [0.1, 0.15) is 0 Å². The van der Waals surface area contributed by atoms with Crippen LogP contribution in [0.4, 0.5) is 0 Å². The Balaban J connectivity index is 3.35. The molecule has 0 aromatic rings. The van der Waals surface area contributed by atoms with Crippen molar-refractivity contribution >= 4 is 5.97 Å². The third-order valence-electron chi connectivity index (χ3n) is 2.07. The average molecular weight is 246 g/mol. The first-order chi connectivity index (χ1) is 7.81. The lowest BCUT2D eigenvalue weighted by atomic mass is 10.0. The fourth-order valence-corrected chi connectivity index (χ4v) is 1.20. The van der Waals surface area contributed by atoms with Crippen molar-refractivity contribution in [3.8, 4) is 0 Å². The van der Waals surface area contributed by atoms with Crippen LogP contribution in [-0.2, 0) is 19.6 Å². The molecular weight excluding hydrogens is 220 g/mol. The summed E-state index contributed by atoms with van der Waals surface area (Å²) in [5.41, 5.74) is -0.475. The van der Waals surface area contributed by atoms with Crippen molar-refractivity contribution in [2.24, 2.45) is 5.92 Å². The van der Waals surface area contributed by atoms with Gasteiger partial charge in [0.25, 0.3) is 0 Å². The summed E-state index contributed by atoms with van der Waals surface area (Å²) in [5.74, 6) is 0.351. The molecule has 4 heteroatoms. The monoisotopic (exact) mass is 246 g/mol. The van der Waals surface area contributed by atoms with Gasteiger partial charge >= 0.3 is 5.97 Å². The summed E-state index contributed by atoms with van der Waals surface area (Å²) in [7, 11) is 0. The summed E-state index contributed by atoms with van der Waals surface area (Å²) in [6.45, 7) is 9.84. The number of hydrogen-bond acceptors (Lipinski definition) is 4. The fourth-order valence-electron chi connectivity index (χ4n) is 1.20. The van der Waals surface area contributed by atoms with Crippen LogP contribution in [0, 0.1) is 5.92 Å². The molecule has 0 amide bonds. The summed E-state index contributed by atoms with van der Waals surface area (Å²) >= 11 is 0. The molecule has 0 saturated carbocycles. The van der Waals surface area contributed by atoms with Crippen LogP contribution < -0.4 is 0 Å². The molecule has 0 spiro atoms. The molecule has 0 heterocycles. The summed E-state index contributed by atoms with van der Waals surface area (Å²) < 4.78 is 0. The predicted octanol–water partition coefficient (Wildman–Crippen LogP) is 3.80. The van der Waals surface area contributed by atoms with Gasteiger partial charge in [-0.3, -0.25) is 4.89 Å². The molecule has 0 bridgehead atoms. The lowest BCUT2D eigenvalue weighted by Crippen LogP contribution is -2.20. The Morgan fingerprint density at radius 2 is 1.76 bits per heavy atom. The number of unbranched alkanes of at least 4 members (excludes halogenated alkanes) is 2. The molecule has 0 aliphatic carbocycles. The zero-order valence-corrected chi connectivity index (χ0v) is 11.7. The maximum Gasteiger partial charge on any atom is 0.345 e. The van der Waals surface area contributed by atoms with E-state index in [0.717, 1.165) is 25.2 Å². The molecule has 0 radical (unpaired) electrons. The van der Waals surface area contributed by atoms with E-state index >= 15 is 0 Å². The highest BCUT2D eigenvalue weighted by Crippen LogP contribution is 2.11. The van der Waals surface area contributed by atoms with Crippen LogP contribution in [0.5, 0.6) is 0 Å². The highest BCUT2D eigenvalue weighted by molar-refractivity contribution is 5.68. The average Bonchev–Trinajstić information content (AvgIpc) is 2.14. The van der Waals surface area contributed by atoms with E-state index in [2.05, 4.69) is 23.8 Å². The maximum absolute atomic E-state index is 11.2. The van der Waals surface area contributed by atoms with Crippen molar-refractivity contribution in [2.45, 2.75) is 72.3 Å². The number of carbonyl (C=O) groups is 1. The van der Waals surface area contributed by atoms with Crippen LogP contribution in [0.1, 0.15) is 66.7 Å². The Hall–Kier alpha value is -0.610. The molecule has 102 valence electrons. The Labute approximate surface area is 104 Å². The van der Waals surface area contributed by atoms with Crippen molar-refractivity contribution < 1.29 is 19.6 Å². The van der Waals surface area contributed by atoms with Crippen LogP contribution in [0.2, 0.25) is 0 Å². The first kappa shape index (κ1) is 16.4. The van der Waals surface area contributed by atoms with E-state index in [4.69, 9.17) is 4.89 Å². The second-order valence-electron chi connectivity index (χ2n) is 5.71. The molecule has 0 N–H and O–H groups in total. The van der Waals surface area contributed by atoms with E-state index in [1.165, 1.54) is 6.42 Å². The SMILES string of the molecule is CC(C)CCCCCC(=O)OOOC(C)(C)C. The Morgan fingerprint density at radius 3 is 2.29 bits per heavy atom. The molecule has 0 unspecified atom stereocenters. The van der Waals surface area contributed by atoms with Crippen LogP contribution >= 0.6 is 0 Å². The van der Waals surface area contributed by atoms with Gasteiger partial charge in [-0.1, -0.05) is 33.1 Å². The molecule has 0 aromatic carbocycles. The summed E-state index contributed by atoms with van der Waals surface area (Å²) in [5, 5.41) is 4.41. The highest BCUT2D eigenvalue weighted by atomic mass is 17.5. The quantitative estimate of drug-likeness (QED) is 0.371. The zero-order chi connectivity index (χ0) is 13.3. The zero-order valence-electron chi connectivity index (χ0n) is 11.7. The van der Waals surface area contributed by atoms with Gasteiger partial charge in [0.15, 0.2) is 0 Å². The van der Waals surface area contributed by atoms with Crippen LogP contribution in [0.3, 0.4) is 0 Å². The first-order valence-electron chi connectivity index (χ1n) is 6.36. The van der Waals surface area contributed by atoms with E-state index in [1.54, 1.807) is 0 Å². The van der Waals surface area contributed by atoms with Crippen molar-refractivity contribution in [1.82, 2.24) is 0 Å². The van der Waals surface area contributed by atoms with Gasteiger partial charge in [0.2, 0.25) is 0 Å². The molecule has 17 heavy (non-hydrogen) atoms. The highest BCUT2D eigenvalue weighted by Gasteiger charge is 2.13. The molecule has 0 aliphatic heterocycles. The minimum absolute atomic E-state index is 0.376. The minimum Gasteiger partial charge on any atom is -0.269 e. The van der Waals surface area contributed by atoms with Gasteiger partial charge in [-0.2, -0.15) is 4.89 Å². The van der Waals surface area contributed by atoms with Gasteiger partial charge in [-0.25, -0.2) is 4.79 Å². The molecule has 0 aliphatic rings. The van der Waals surface area contributed by atoms with Crippen molar-refractivity contribution in [3.05, 3.63) is 0 Å². The summed E-state index contributed by atoms with van der Waals surface area (Å²) in [6, 6.07) is 0. The van der Waals surface area contributed by atoms with Gasteiger partial charge in [0.05, 0.1) is 5.60 Å². The van der Waals surface area contributed by atoms with Crippen LogP contribution in [-0.4, -0.2) is 11.6 Å². The van der Waals surface area contributed by atoms with E-state index in [0.29, 0.717) is 6.42 Å². The molecular formula is C13H26O4. The predicted molar refractivity (Wildman–Crippen MR) is 65.9 cm³/mol. The topological polar surface area (TPSA) is 44.8 Å². The fraction of sp³-hybridized carbons (Fsp3) is 0.923. The van der Waals surface area contributed by atoms with Gasteiger partial charge < -0.3 is 0 Å². The molecule has 4 nitrogen and oxygen atoms in total. The third-order valence-corrected chi connectivity index (χ3v) is 2.07. The Morgan fingerprint density at radius 1 is 1.12 bits per heavy atom. The molecule has 0 saturated heterocycles. The standard InChI is InChI=1S/C13H26O4/c1-11(2)9-7-6-8-10-12(14)15-17-16-13(3,4)5/h11H,6-10H2,1-5H3. The van der Waals surface area contributed by atoms with E-state index < -0.39 is 5.60 Å². The smallest absolute Gasteiger partial charge is 0.269 e. The Kier molecular flexibility index (Phi) is 8.17. The number of carbonyl (C=O) groups excluding carboxylic acids is 1. The van der Waals surface area contributed by atoms with Crippen molar-refractivity contribution in [2.75, 3.05) is 0 Å². The van der Waals surface area contributed by atoms with Gasteiger partial charge in [-0.15, -0.1) is 0 Å². The number of rotatable bonds is 8. The first-order valence-corrected chi connectivity index (χ1v) is 6.36. The van der Waals surface area contributed by atoms with Crippen LogP contribution in [0.25, 0.3) is 0 Å². The minimum atomic E-state index is -0.475. The van der Waals surface area contributed by atoms with E-state index in [-0.39, 0.29) is 5.97 Å². The van der Waals surface area contributed by atoms with Crippen molar-refractivity contribution in [3.63, 3.8) is 0 Å². The maximum atomic E-state index is 11.2. The normalized spacial score (nSPS) is 11.9. The Bertz CT molecular complexity index is 206. The van der Waals surface area contributed by atoms with Gasteiger partial charge in [0, 0.05) is 6.42 Å². The largest absolute Gasteiger partial charge is 0.345 e. The van der Waals surface area contributed by atoms with E-state index in [1.807, 2.05) is 20.8 Å². The summed E-state index contributed by atoms with van der Waals surface area (Å²) in [4.78, 5) is 20.5. The number of hydrogen-bond donors (Lipinski definition) is 0. The second-order valence-corrected chi connectivity index (χ2v) is 5.71. The van der Waals surface area contributed by atoms with Gasteiger partial charge in [-0.05, 0) is 38.1 Å². The van der Waals surface area contributed by atoms with Crippen molar-refractivity contribution in [1.29, 1.82) is 0 Å². The third kappa shape index (κ3) is 13.3. The van der Waals surface area contributed by atoms with Crippen LogP contribution in [0.15, 0.2) is 0 Å². The van der Waals surface area contributed by atoms with E-state index in [9.17, 15) is 4.79 Å². The molecule has 0 aromatic heterocycles. The molecule has 0 fully saturated rings. The summed E-state index contributed by atoms with van der Waals surface area (Å²) in [6.07, 6.45) is 4.63. The lowest BCUT2D eigenvalue weighted by Gasteiger charge is -2.15. The molecule has 0 rings (SSSR count).